The van der Waals surface area contributed by atoms with E-state index in [1.54, 1.807) is 0 Å². The summed E-state index contributed by atoms with van der Waals surface area (Å²) in [7, 11) is 0. The quantitative estimate of drug-likeness (QED) is 0.0263. The van der Waals surface area contributed by atoms with Crippen LogP contribution >= 0.6 is 0 Å². The molecule has 0 amide bonds. The third kappa shape index (κ3) is 46.4. The Labute approximate surface area is 371 Å². The van der Waals surface area contributed by atoms with Gasteiger partial charge in [-0.05, 0) is 57.8 Å². The normalized spacial score (nSPS) is 12.4. The fourth-order valence-corrected chi connectivity index (χ4v) is 7.26. The molecule has 0 unspecified atom stereocenters. The first-order chi connectivity index (χ1) is 29.5. The number of carbonyl (C=O) groups is 3. The number of unbranched alkanes of at least 4 members (excludes halogenated alkanes) is 27. The fraction of sp³-hybridized carbons (Fsp3) is 0.796. The van der Waals surface area contributed by atoms with E-state index in [0.29, 0.717) is 19.3 Å². The van der Waals surface area contributed by atoms with E-state index in [1.807, 2.05) is 0 Å². The van der Waals surface area contributed by atoms with Crippen LogP contribution in [0.25, 0.3) is 0 Å². The molecule has 0 fully saturated rings. The third-order valence-corrected chi connectivity index (χ3v) is 11.1. The Balaban J connectivity index is 4.42. The molecule has 6 heteroatoms. The molecule has 0 rings (SSSR count). The minimum atomic E-state index is -0.784. The minimum Gasteiger partial charge on any atom is -0.462 e. The number of hydrogen-bond donors (Lipinski definition) is 0. The molecule has 0 spiro atoms. The van der Waals surface area contributed by atoms with E-state index in [1.165, 1.54) is 135 Å². The van der Waals surface area contributed by atoms with Crippen molar-refractivity contribution in [1.82, 2.24) is 0 Å². The lowest BCUT2D eigenvalue weighted by molar-refractivity contribution is -0.167. The van der Waals surface area contributed by atoms with E-state index < -0.39 is 6.10 Å². The van der Waals surface area contributed by atoms with E-state index in [-0.39, 0.29) is 31.1 Å². The molecule has 0 N–H and O–H groups in total. The predicted octanol–water partition coefficient (Wildman–Crippen LogP) is 16.7. The highest BCUT2D eigenvalue weighted by Crippen LogP contribution is 2.16. The first-order valence-corrected chi connectivity index (χ1v) is 25.6. The van der Waals surface area contributed by atoms with Gasteiger partial charge in [-0.25, -0.2) is 0 Å². The molecule has 0 radical (unpaired) electrons. The maximum atomic E-state index is 12.8. The van der Waals surface area contributed by atoms with Gasteiger partial charge in [0.05, 0.1) is 0 Å². The largest absolute Gasteiger partial charge is 0.462 e. The molecule has 0 aliphatic heterocycles. The molecule has 0 aromatic carbocycles. The highest BCUT2D eigenvalue weighted by Gasteiger charge is 2.19. The van der Waals surface area contributed by atoms with E-state index in [9.17, 15) is 14.4 Å². The summed E-state index contributed by atoms with van der Waals surface area (Å²) in [5.41, 5.74) is 0. The van der Waals surface area contributed by atoms with Crippen molar-refractivity contribution in [2.24, 2.45) is 0 Å². The van der Waals surface area contributed by atoms with Crippen LogP contribution in [0.3, 0.4) is 0 Å². The van der Waals surface area contributed by atoms with Crippen molar-refractivity contribution < 1.29 is 28.6 Å². The molecule has 0 saturated heterocycles. The smallest absolute Gasteiger partial charge is 0.306 e. The van der Waals surface area contributed by atoms with Gasteiger partial charge in [0.2, 0.25) is 0 Å². The van der Waals surface area contributed by atoms with Gasteiger partial charge in [-0.3, -0.25) is 14.4 Å². The second-order valence-corrected chi connectivity index (χ2v) is 17.1. The second kappa shape index (κ2) is 49.0. The standard InChI is InChI=1S/C54H96O6/c1-4-7-10-13-16-19-22-25-27-30-32-35-38-41-44-47-53(56)59-50-51(49-58-52(55)46-43-40-37-34-31-28-24-21-18-15-12-9-6-3)60-54(57)48-45-42-39-36-33-29-26-23-20-17-14-11-8-5-2/h7,10,16,19,25,27,32,35,51H,4-6,8-9,11-15,17-18,20-24,26,28-31,33-34,36-50H2,1-3H3/b10-7-,19-16-,27-25-,35-32-/t51-/m1/s1. The minimum absolute atomic E-state index is 0.0825. The van der Waals surface area contributed by atoms with Crippen LogP contribution in [-0.2, 0) is 28.6 Å². The SMILES string of the molecule is CC/C=C\C/C=C\C/C=C\C/C=C\CCCCC(=O)OC[C@@H](COC(=O)CCCCCCCCCCCCCCC)OC(=O)CCCCCCCCCCCCCCCC. The van der Waals surface area contributed by atoms with E-state index in [4.69, 9.17) is 14.2 Å². The first kappa shape index (κ1) is 57.4. The topological polar surface area (TPSA) is 78.9 Å². The van der Waals surface area contributed by atoms with Gasteiger partial charge in [0, 0.05) is 19.3 Å². The summed E-state index contributed by atoms with van der Waals surface area (Å²) in [6.07, 6.45) is 58.1. The van der Waals surface area contributed by atoms with E-state index in [2.05, 4.69) is 69.4 Å². The Morgan fingerprint density at radius 3 is 1.02 bits per heavy atom. The van der Waals surface area contributed by atoms with Gasteiger partial charge in [-0.15, -0.1) is 0 Å². The Bertz CT molecular complexity index is 1060. The Morgan fingerprint density at radius 2 is 0.650 bits per heavy atom. The molecule has 0 aromatic heterocycles. The molecule has 0 aromatic rings. The average Bonchev–Trinajstić information content (AvgIpc) is 3.24. The van der Waals surface area contributed by atoms with Crippen LogP contribution in [0.15, 0.2) is 48.6 Å². The van der Waals surface area contributed by atoms with Gasteiger partial charge in [-0.2, -0.15) is 0 Å². The van der Waals surface area contributed by atoms with Gasteiger partial charge < -0.3 is 14.2 Å². The Hall–Kier alpha value is -2.63. The van der Waals surface area contributed by atoms with Crippen molar-refractivity contribution in [2.75, 3.05) is 13.2 Å². The van der Waals surface area contributed by atoms with Crippen molar-refractivity contribution >= 4 is 17.9 Å². The van der Waals surface area contributed by atoms with Gasteiger partial charge in [0.25, 0.3) is 0 Å². The molecule has 0 heterocycles. The summed E-state index contributed by atoms with van der Waals surface area (Å²) in [6, 6.07) is 0. The Kier molecular flexibility index (Phi) is 46.9. The lowest BCUT2D eigenvalue weighted by Gasteiger charge is -2.18. The summed E-state index contributed by atoms with van der Waals surface area (Å²) >= 11 is 0. The Morgan fingerprint density at radius 1 is 0.350 bits per heavy atom. The van der Waals surface area contributed by atoms with Gasteiger partial charge in [0.15, 0.2) is 6.10 Å². The monoisotopic (exact) mass is 841 g/mol. The number of rotatable bonds is 46. The number of esters is 3. The highest BCUT2D eigenvalue weighted by atomic mass is 16.6. The average molecular weight is 841 g/mol. The van der Waals surface area contributed by atoms with Crippen LogP contribution in [0.2, 0.25) is 0 Å². The molecule has 348 valence electrons. The maximum absolute atomic E-state index is 12.8. The molecule has 1 atom stereocenters. The van der Waals surface area contributed by atoms with Crippen molar-refractivity contribution in [2.45, 2.75) is 264 Å². The van der Waals surface area contributed by atoms with Crippen LogP contribution in [0.1, 0.15) is 258 Å². The van der Waals surface area contributed by atoms with Gasteiger partial charge in [-0.1, -0.05) is 230 Å². The molecule has 6 nitrogen and oxygen atoms in total. The predicted molar refractivity (Wildman–Crippen MR) is 256 cm³/mol. The van der Waals surface area contributed by atoms with Crippen LogP contribution in [0.5, 0.6) is 0 Å². The fourth-order valence-electron chi connectivity index (χ4n) is 7.26. The summed E-state index contributed by atoms with van der Waals surface area (Å²) in [5.74, 6) is -0.916. The van der Waals surface area contributed by atoms with E-state index in [0.717, 1.165) is 83.5 Å². The number of ether oxygens (including phenoxy) is 3. The molecule has 0 bridgehead atoms. The van der Waals surface area contributed by atoms with Crippen LogP contribution in [0.4, 0.5) is 0 Å². The number of carbonyl (C=O) groups excluding carboxylic acids is 3. The lowest BCUT2D eigenvalue weighted by Crippen LogP contribution is -2.30. The van der Waals surface area contributed by atoms with Crippen LogP contribution < -0.4 is 0 Å². The summed E-state index contributed by atoms with van der Waals surface area (Å²) < 4.78 is 16.8. The van der Waals surface area contributed by atoms with Crippen molar-refractivity contribution in [3.8, 4) is 0 Å². The lowest BCUT2D eigenvalue weighted by atomic mass is 10.0. The molecule has 0 aliphatic carbocycles. The van der Waals surface area contributed by atoms with Crippen molar-refractivity contribution in [3.05, 3.63) is 48.6 Å². The van der Waals surface area contributed by atoms with Crippen molar-refractivity contribution in [3.63, 3.8) is 0 Å². The molecule has 0 saturated carbocycles. The molecular weight excluding hydrogens is 745 g/mol. The molecule has 0 aliphatic rings. The van der Waals surface area contributed by atoms with Gasteiger partial charge in [0.1, 0.15) is 13.2 Å². The van der Waals surface area contributed by atoms with Crippen LogP contribution in [0, 0.1) is 0 Å². The number of allylic oxidation sites excluding steroid dienone is 8. The second-order valence-electron chi connectivity index (χ2n) is 17.1. The number of hydrogen-bond acceptors (Lipinski definition) is 6. The zero-order chi connectivity index (χ0) is 43.7. The van der Waals surface area contributed by atoms with Gasteiger partial charge >= 0.3 is 17.9 Å². The maximum Gasteiger partial charge on any atom is 0.306 e. The zero-order valence-corrected chi connectivity index (χ0v) is 39.7. The van der Waals surface area contributed by atoms with E-state index >= 15 is 0 Å². The summed E-state index contributed by atoms with van der Waals surface area (Å²) in [4.78, 5) is 37.9. The first-order valence-electron chi connectivity index (χ1n) is 25.6. The third-order valence-electron chi connectivity index (χ3n) is 11.1. The highest BCUT2D eigenvalue weighted by molar-refractivity contribution is 5.71. The van der Waals surface area contributed by atoms with Crippen molar-refractivity contribution in [1.29, 1.82) is 0 Å². The summed E-state index contributed by atoms with van der Waals surface area (Å²) in [6.45, 7) is 6.50. The molecular formula is C54H96O6. The zero-order valence-electron chi connectivity index (χ0n) is 39.7. The van der Waals surface area contributed by atoms with Crippen LogP contribution in [-0.4, -0.2) is 37.2 Å². The summed E-state index contributed by atoms with van der Waals surface area (Å²) in [5, 5.41) is 0. The molecule has 60 heavy (non-hydrogen) atoms.